The third kappa shape index (κ3) is 10.6. The lowest BCUT2D eigenvalue weighted by molar-refractivity contribution is -0.676. The second kappa shape index (κ2) is 13.8. The molecule has 0 saturated heterocycles. The summed E-state index contributed by atoms with van der Waals surface area (Å²) in [7, 11) is -4.17. The minimum Gasteiger partial charge on any atom is -0.741 e. The van der Waals surface area contributed by atoms with Crippen molar-refractivity contribution in [2.75, 3.05) is 13.2 Å². The van der Waals surface area contributed by atoms with Crippen LogP contribution in [0.15, 0.2) is 66.7 Å². The van der Waals surface area contributed by atoms with Crippen LogP contribution in [0.4, 0.5) is 13.2 Å². The SMILES string of the molecule is C[n+]1c(C#CCOc2cccc(Cl)c2)cccc1C#CCOc1cccc(Cl)c1.O=S(=O)([O-])C(F)(F)F. The van der Waals surface area contributed by atoms with Crippen molar-refractivity contribution in [1.82, 2.24) is 0 Å². The van der Waals surface area contributed by atoms with Gasteiger partial charge in [0.15, 0.2) is 10.1 Å². The van der Waals surface area contributed by atoms with Gasteiger partial charge in [0.05, 0.1) is 0 Å². The first kappa shape index (κ1) is 29.8. The highest BCUT2D eigenvalue weighted by Crippen LogP contribution is 2.20. The van der Waals surface area contributed by atoms with Gasteiger partial charge in [-0.05, 0) is 42.5 Å². The van der Waals surface area contributed by atoms with E-state index in [4.69, 9.17) is 45.6 Å². The third-order valence-electron chi connectivity index (χ3n) is 4.16. The number of hydrogen-bond donors (Lipinski definition) is 0. The van der Waals surface area contributed by atoms with Crippen LogP contribution in [0.2, 0.25) is 10.0 Å². The van der Waals surface area contributed by atoms with Gasteiger partial charge in [-0.2, -0.15) is 17.7 Å². The van der Waals surface area contributed by atoms with E-state index in [2.05, 4.69) is 23.7 Å². The highest BCUT2D eigenvalue weighted by atomic mass is 35.5. The van der Waals surface area contributed by atoms with Gasteiger partial charge in [-0.1, -0.05) is 47.2 Å². The number of rotatable bonds is 4. The maximum Gasteiger partial charge on any atom is 0.485 e. The average molecular weight is 572 g/mol. The number of aromatic nitrogens is 1. The van der Waals surface area contributed by atoms with Crippen molar-refractivity contribution in [2.24, 2.45) is 7.05 Å². The maximum atomic E-state index is 10.7. The van der Waals surface area contributed by atoms with Crippen molar-refractivity contribution >= 4 is 33.3 Å². The molecule has 1 heterocycles. The highest BCUT2D eigenvalue weighted by molar-refractivity contribution is 7.86. The number of alkyl halides is 3. The van der Waals surface area contributed by atoms with E-state index < -0.39 is 15.6 Å². The summed E-state index contributed by atoms with van der Waals surface area (Å²) in [5.41, 5.74) is -3.97. The summed E-state index contributed by atoms with van der Waals surface area (Å²) in [5, 5.41) is 1.26. The molecule has 0 amide bonds. The first-order chi connectivity index (χ1) is 17.4. The summed E-state index contributed by atoms with van der Waals surface area (Å²) in [6, 6.07) is 20.2. The Labute approximate surface area is 222 Å². The maximum absolute atomic E-state index is 10.7. The van der Waals surface area contributed by atoms with Crippen molar-refractivity contribution in [3.8, 4) is 35.2 Å². The lowest BCUT2D eigenvalue weighted by Gasteiger charge is -2.08. The van der Waals surface area contributed by atoms with Gasteiger partial charge < -0.3 is 14.0 Å². The molecule has 1 aromatic heterocycles. The highest BCUT2D eigenvalue weighted by Gasteiger charge is 2.36. The van der Waals surface area contributed by atoms with E-state index in [1.165, 1.54) is 0 Å². The summed E-state index contributed by atoms with van der Waals surface area (Å²) in [5.74, 6) is 13.6. The fraction of sp³-hybridized carbons (Fsp3) is 0.160. The number of nitrogens with zero attached hydrogens (tertiary/aromatic N) is 1. The van der Waals surface area contributed by atoms with E-state index in [0.29, 0.717) is 21.5 Å². The second-order valence-corrected chi connectivity index (χ2v) is 9.09. The molecule has 0 unspecified atom stereocenters. The molecule has 0 saturated carbocycles. The van der Waals surface area contributed by atoms with Gasteiger partial charge in [0.2, 0.25) is 0 Å². The van der Waals surface area contributed by atoms with Gasteiger partial charge in [0.1, 0.15) is 31.8 Å². The van der Waals surface area contributed by atoms with Crippen LogP contribution in [0.25, 0.3) is 0 Å². The Kier molecular flexibility index (Phi) is 11.1. The van der Waals surface area contributed by atoms with E-state index in [0.717, 1.165) is 11.4 Å². The Morgan fingerprint density at radius 1 is 0.838 bits per heavy atom. The molecule has 0 spiro atoms. The number of pyridine rings is 1. The zero-order chi connectivity index (χ0) is 27.5. The molecular formula is C25H18Cl2F3NO5S. The van der Waals surface area contributed by atoms with E-state index in [1.54, 1.807) is 24.3 Å². The predicted octanol–water partition coefficient (Wildman–Crippen LogP) is 4.73. The standard InChI is InChI=1S/C24H18Cl2NO2.CHF3O3S/c1-27-21(11-5-15-28-23-13-2-7-19(25)17-23)9-4-10-22(27)12-6-16-29-24-14-3-8-20(26)18-24;2-1(3,4)8(5,6)7/h2-4,7-10,13-14,17-18H,15-16H2,1H3;(H,5,6,7)/q+1;/p-1. The average Bonchev–Trinajstić information content (AvgIpc) is 2.80. The fourth-order valence-corrected chi connectivity index (χ4v) is 2.80. The van der Waals surface area contributed by atoms with Crippen LogP contribution >= 0.6 is 23.2 Å². The number of ether oxygens (including phenoxy) is 2. The molecule has 0 bridgehead atoms. The van der Waals surface area contributed by atoms with E-state index >= 15 is 0 Å². The van der Waals surface area contributed by atoms with Crippen LogP contribution in [-0.4, -0.2) is 31.7 Å². The van der Waals surface area contributed by atoms with E-state index in [1.807, 2.05) is 54.1 Å². The minimum atomic E-state index is -6.09. The van der Waals surface area contributed by atoms with Gasteiger partial charge in [-0.3, -0.25) is 0 Å². The summed E-state index contributed by atoms with van der Waals surface area (Å²) in [4.78, 5) is 0. The molecule has 0 radical (unpaired) electrons. The zero-order valence-corrected chi connectivity index (χ0v) is 21.4. The molecule has 0 aliphatic heterocycles. The summed E-state index contributed by atoms with van der Waals surface area (Å²) >= 11 is 11.9. The van der Waals surface area contributed by atoms with Crippen LogP contribution in [0.1, 0.15) is 11.4 Å². The topological polar surface area (TPSA) is 79.5 Å². The molecule has 2 aromatic carbocycles. The largest absolute Gasteiger partial charge is 0.741 e. The molecule has 0 aliphatic carbocycles. The lowest BCUT2D eigenvalue weighted by atomic mass is 10.2. The molecule has 194 valence electrons. The van der Waals surface area contributed by atoms with Crippen molar-refractivity contribution in [2.45, 2.75) is 5.51 Å². The van der Waals surface area contributed by atoms with Crippen molar-refractivity contribution in [3.63, 3.8) is 0 Å². The summed E-state index contributed by atoms with van der Waals surface area (Å²) in [6.07, 6.45) is 0. The van der Waals surface area contributed by atoms with Crippen LogP contribution in [-0.2, 0) is 17.2 Å². The molecule has 0 fully saturated rings. The third-order valence-corrected chi connectivity index (χ3v) is 5.20. The molecular weight excluding hydrogens is 554 g/mol. The quantitative estimate of drug-likeness (QED) is 0.196. The smallest absolute Gasteiger partial charge is 0.485 e. The first-order valence-electron chi connectivity index (χ1n) is 10.1. The first-order valence-corrected chi connectivity index (χ1v) is 12.3. The second-order valence-electron chi connectivity index (χ2n) is 6.85. The van der Waals surface area contributed by atoms with Crippen LogP contribution in [0, 0.1) is 23.7 Å². The van der Waals surface area contributed by atoms with Crippen LogP contribution in [0.5, 0.6) is 11.5 Å². The van der Waals surface area contributed by atoms with E-state index in [9.17, 15) is 13.2 Å². The van der Waals surface area contributed by atoms with Crippen LogP contribution in [0.3, 0.4) is 0 Å². The van der Waals surface area contributed by atoms with Gasteiger partial charge in [-0.15, -0.1) is 0 Å². The molecule has 6 nitrogen and oxygen atoms in total. The van der Waals surface area contributed by atoms with Crippen molar-refractivity contribution < 1.29 is 40.2 Å². The van der Waals surface area contributed by atoms with Gasteiger partial charge in [0, 0.05) is 34.0 Å². The van der Waals surface area contributed by atoms with Crippen LogP contribution < -0.4 is 14.0 Å². The molecule has 0 aliphatic rings. The monoisotopic (exact) mass is 571 g/mol. The molecule has 37 heavy (non-hydrogen) atoms. The number of benzene rings is 2. The Bertz CT molecular complexity index is 1370. The molecule has 3 aromatic rings. The Hall–Kier alpha value is -3.41. The Morgan fingerprint density at radius 3 is 1.57 bits per heavy atom. The fourth-order valence-electron chi connectivity index (χ4n) is 2.44. The summed E-state index contributed by atoms with van der Waals surface area (Å²) in [6.45, 7) is 0.535. The molecule has 12 heteroatoms. The normalized spacial score (nSPS) is 10.6. The van der Waals surface area contributed by atoms with Crippen molar-refractivity contribution in [1.29, 1.82) is 0 Å². The number of hydrogen-bond acceptors (Lipinski definition) is 5. The van der Waals surface area contributed by atoms with Gasteiger partial charge in [-0.25, -0.2) is 8.42 Å². The zero-order valence-electron chi connectivity index (χ0n) is 19.1. The predicted molar refractivity (Wildman–Crippen MR) is 131 cm³/mol. The number of halogens is 5. The molecule has 0 N–H and O–H groups in total. The Balaban J connectivity index is 0.000000521. The summed E-state index contributed by atoms with van der Waals surface area (Å²) < 4.78 is 72.0. The molecule has 0 atom stereocenters. The lowest BCUT2D eigenvalue weighted by Crippen LogP contribution is -2.36. The van der Waals surface area contributed by atoms with Gasteiger partial charge in [0.25, 0.3) is 11.4 Å². The molecule has 3 rings (SSSR count). The minimum absolute atomic E-state index is 0.268. The Morgan fingerprint density at radius 2 is 1.22 bits per heavy atom. The van der Waals surface area contributed by atoms with Crippen molar-refractivity contribution in [3.05, 3.63) is 88.2 Å². The van der Waals surface area contributed by atoms with E-state index in [-0.39, 0.29) is 13.2 Å². The van der Waals surface area contributed by atoms with Gasteiger partial charge >= 0.3 is 5.51 Å².